The van der Waals surface area contributed by atoms with E-state index in [2.05, 4.69) is 10.6 Å². The molecule has 3 N–H and O–H groups in total. The summed E-state index contributed by atoms with van der Waals surface area (Å²) in [5.74, 6) is -1.18. The molecule has 0 heterocycles. The Kier molecular flexibility index (Phi) is 4.97. The predicted molar refractivity (Wildman–Crippen MR) is 70.3 cm³/mol. The Morgan fingerprint density at radius 2 is 2.11 bits per heavy atom. The first-order valence-corrected chi connectivity index (χ1v) is 5.92. The fourth-order valence-corrected chi connectivity index (χ4v) is 1.59. The predicted octanol–water partition coefficient (Wildman–Crippen LogP) is 2.96. The maximum absolute atomic E-state index is 11.6. The summed E-state index contributed by atoms with van der Waals surface area (Å²) < 4.78 is 0. The van der Waals surface area contributed by atoms with E-state index in [0.29, 0.717) is 0 Å². The van der Waals surface area contributed by atoms with Gasteiger partial charge >= 0.3 is 12.0 Å². The number of carboxylic acids is 1. The van der Waals surface area contributed by atoms with Gasteiger partial charge in [-0.25, -0.2) is 9.59 Å². The summed E-state index contributed by atoms with van der Waals surface area (Å²) in [4.78, 5) is 22.7. The maximum Gasteiger partial charge on any atom is 0.339 e. The highest BCUT2D eigenvalue weighted by molar-refractivity contribution is 6.34. The van der Waals surface area contributed by atoms with Gasteiger partial charge in [0.25, 0.3) is 0 Å². The third-order valence-electron chi connectivity index (χ3n) is 2.47. The molecule has 0 aromatic heterocycles. The van der Waals surface area contributed by atoms with Crippen LogP contribution in [-0.4, -0.2) is 23.1 Å². The van der Waals surface area contributed by atoms with E-state index in [1.807, 2.05) is 13.8 Å². The zero-order valence-electron chi connectivity index (χ0n) is 10.2. The van der Waals surface area contributed by atoms with Gasteiger partial charge in [0.15, 0.2) is 0 Å². The van der Waals surface area contributed by atoms with Crippen molar-refractivity contribution in [1.29, 1.82) is 0 Å². The summed E-state index contributed by atoms with van der Waals surface area (Å²) >= 11 is 5.79. The molecule has 0 aliphatic carbocycles. The van der Waals surface area contributed by atoms with E-state index in [-0.39, 0.29) is 22.3 Å². The number of urea groups is 1. The number of rotatable bonds is 4. The molecule has 1 rings (SSSR count). The van der Waals surface area contributed by atoms with E-state index < -0.39 is 12.0 Å². The van der Waals surface area contributed by atoms with Crippen molar-refractivity contribution in [2.75, 3.05) is 5.32 Å². The Labute approximate surface area is 110 Å². The summed E-state index contributed by atoms with van der Waals surface area (Å²) in [5, 5.41) is 14.3. The SMILES string of the molecule is CCC(C)NC(=O)Nc1cccc(Cl)c1C(=O)O. The van der Waals surface area contributed by atoms with Crippen LogP contribution in [0.25, 0.3) is 0 Å². The highest BCUT2D eigenvalue weighted by Crippen LogP contribution is 2.24. The highest BCUT2D eigenvalue weighted by atomic mass is 35.5. The monoisotopic (exact) mass is 270 g/mol. The van der Waals surface area contributed by atoms with Crippen LogP contribution in [-0.2, 0) is 0 Å². The van der Waals surface area contributed by atoms with Crippen molar-refractivity contribution >= 4 is 29.3 Å². The van der Waals surface area contributed by atoms with Gasteiger partial charge in [-0.3, -0.25) is 0 Å². The van der Waals surface area contributed by atoms with Crippen molar-refractivity contribution in [2.24, 2.45) is 0 Å². The fourth-order valence-electron chi connectivity index (χ4n) is 1.33. The van der Waals surface area contributed by atoms with Gasteiger partial charge in [0.05, 0.1) is 10.7 Å². The van der Waals surface area contributed by atoms with Crippen LogP contribution in [0, 0.1) is 0 Å². The number of aromatic carboxylic acids is 1. The largest absolute Gasteiger partial charge is 0.478 e. The number of hydrogen-bond donors (Lipinski definition) is 3. The summed E-state index contributed by atoms with van der Waals surface area (Å²) in [6, 6.07) is 4.09. The molecule has 1 atom stereocenters. The molecular weight excluding hydrogens is 256 g/mol. The van der Waals surface area contributed by atoms with Crippen molar-refractivity contribution < 1.29 is 14.7 Å². The van der Waals surface area contributed by atoms with Gasteiger partial charge < -0.3 is 15.7 Å². The molecule has 0 spiro atoms. The van der Waals surface area contributed by atoms with Crippen molar-refractivity contribution in [3.8, 4) is 0 Å². The van der Waals surface area contributed by atoms with Crippen LogP contribution in [0.2, 0.25) is 5.02 Å². The molecule has 0 fully saturated rings. The lowest BCUT2D eigenvalue weighted by atomic mass is 10.2. The van der Waals surface area contributed by atoms with Gasteiger partial charge in [0.2, 0.25) is 0 Å². The van der Waals surface area contributed by atoms with Crippen LogP contribution in [0.15, 0.2) is 18.2 Å². The lowest BCUT2D eigenvalue weighted by Gasteiger charge is -2.14. The zero-order valence-corrected chi connectivity index (χ0v) is 10.9. The van der Waals surface area contributed by atoms with Gasteiger partial charge in [-0.2, -0.15) is 0 Å². The van der Waals surface area contributed by atoms with Gasteiger partial charge in [0, 0.05) is 6.04 Å². The van der Waals surface area contributed by atoms with E-state index in [4.69, 9.17) is 16.7 Å². The molecule has 2 amide bonds. The van der Waals surface area contributed by atoms with Crippen LogP contribution in [0.4, 0.5) is 10.5 Å². The molecule has 98 valence electrons. The molecule has 0 saturated heterocycles. The maximum atomic E-state index is 11.6. The minimum atomic E-state index is -1.18. The van der Waals surface area contributed by atoms with Crippen molar-refractivity contribution in [3.05, 3.63) is 28.8 Å². The lowest BCUT2D eigenvalue weighted by Crippen LogP contribution is -2.36. The zero-order chi connectivity index (χ0) is 13.7. The molecule has 0 saturated carbocycles. The van der Waals surface area contributed by atoms with Crippen LogP contribution in [0.3, 0.4) is 0 Å². The van der Waals surface area contributed by atoms with E-state index in [9.17, 15) is 9.59 Å². The Morgan fingerprint density at radius 3 is 2.67 bits per heavy atom. The van der Waals surface area contributed by atoms with Crippen molar-refractivity contribution in [3.63, 3.8) is 0 Å². The number of benzene rings is 1. The molecular formula is C12H15ClN2O3. The van der Waals surface area contributed by atoms with Crippen LogP contribution < -0.4 is 10.6 Å². The van der Waals surface area contributed by atoms with E-state index >= 15 is 0 Å². The standard InChI is InChI=1S/C12H15ClN2O3/c1-3-7(2)14-12(18)15-9-6-4-5-8(13)10(9)11(16)17/h4-7H,3H2,1-2H3,(H,16,17)(H2,14,15,18). The second-order valence-electron chi connectivity index (χ2n) is 3.88. The average molecular weight is 271 g/mol. The topological polar surface area (TPSA) is 78.4 Å². The highest BCUT2D eigenvalue weighted by Gasteiger charge is 2.16. The molecule has 5 nitrogen and oxygen atoms in total. The quantitative estimate of drug-likeness (QED) is 0.787. The molecule has 1 aromatic rings. The third-order valence-corrected chi connectivity index (χ3v) is 2.78. The number of hydrogen-bond acceptors (Lipinski definition) is 2. The number of halogens is 1. The Balaban J connectivity index is 2.88. The number of amides is 2. The van der Waals surface area contributed by atoms with E-state index in [1.165, 1.54) is 12.1 Å². The average Bonchev–Trinajstić information content (AvgIpc) is 2.28. The normalized spacial score (nSPS) is 11.7. The van der Waals surface area contributed by atoms with Crippen molar-refractivity contribution in [1.82, 2.24) is 5.32 Å². The summed E-state index contributed by atoms with van der Waals surface area (Å²) in [6.45, 7) is 3.79. The molecule has 0 aliphatic rings. The number of carbonyl (C=O) groups excluding carboxylic acids is 1. The first-order valence-electron chi connectivity index (χ1n) is 5.55. The molecule has 0 aliphatic heterocycles. The number of anilines is 1. The van der Waals surface area contributed by atoms with Crippen molar-refractivity contribution in [2.45, 2.75) is 26.3 Å². The second kappa shape index (κ2) is 6.26. The van der Waals surface area contributed by atoms with E-state index in [1.54, 1.807) is 6.07 Å². The van der Waals surface area contributed by atoms with E-state index in [0.717, 1.165) is 6.42 Å². The fraction of sp³-hybridized carbons (Fsp3) is 0.333. The van der Waals surface area contributed by atoms with Crippen LogP contribution >= 0.6 is 11.6 Å². The Morgan fingerprint density at radius 1 is 1.44 bits per heavy atom. The second-order valence-corrected chi connectivity index (χ2v) is 4.28. The molecule has 0 radical (unpaired) electrons. The Hall–Kier alpha value is -1.75. The summed E-state index contributed by atoms with van der Waals surface area (Å²) in [6.07, 6.45) is 0.786. The van der Waals surface area contributed by atoms with Crippen LogP contribution in [0.5, 0.6) is 0 Å². The Bertz CT molecular complexity index is 463. The molecule has 6 heteroatoms. The summed E-state index contributed by atoms with van der Waals surface area (Å²) in [5.41, 5.74) is 0.0641. The molecule has 1 unspecified atom stereocenters. The van der Waals surface area contributed by atoms with Gasteiger partial charge in [-0.15, -0.1) is 0 Å². The van der Waals surface area contributed by atoms with Crippen LogP contribution in [0.1, 0.15) is 30.6 Å². The van der Waals surface area contributed by atoms with Gasteiger partial charge in [-0.1, -0.05) is 24.6 Å². The summed E-state index contributed by atoms with van der Waals surface area (Å²) in [7, 11) is 0. The first-order chi connectivity index (χ1) is 8.45. The number of carbonyl (C=O) groups is 2. The first kappa shape index (κ1) is 14.3. The smallest absolute Gasteiger partial charge is 0.339 e. The number of nitrogens with one attached hydrogen (secondary N) is 2. The molecule has 18 heavy (non-hydrogen) atoms. The molecule has 1 aromatic carbocycles. The molecule has 0 bridgehead atoms. The van der Waals surface area contributed by atoms with Gasteiger partial charge in [0.1, 0.15) is 5.56 Å². The minimum Gasteiger partial charge on any atom is -0.478 e. The number of carboxylic acid groups (broad SMARTS) is 1. The third kappa shape index (κ3) is 3.63. The minimum absolute atomic E-state index is 0.0115. The lowest BCUT2D eigenvalue weighted by molar-refractivity contribution is 0.0698. The van der Waals surface area contributed by atoms with Gasteiger partial charge in [-0.05, 0) is 25.5 Å².